The molecule has 1 N–H and O–H groups in total. The van der Waals surface area contributed by atoms with E-state index in [0.717, 1.165) is 89.2 Å². The van der Waals surface area contributed by atoms with Gasteiger partial charge in [-0.2, -0.15) is 0 Å². The number of para-hydroxylation sites is 3. The SMILES string of the molecule is CC(c1ccccc1)c1cc(-c2cc(-c3ccccc3)ccn2)[c-]c(-c2cccc3c2nc(-c2cccc(-c4ccccc4)c2O)n3-c2c(-c3ccccc3)cccc2-c2ccccc2)c1.[Pt]. The molecule has 0 aliphatic rings. The minimum absolute atomic E-state index is 0. The molecule has 0 saturated carbocycles. The Morgan fingerprint density at radius 3 is 1.55 bits per heavy atom. The molecule has 1 unspecified atom stereocenters. The maximum atomic E-state index is 12.5. The summed E-state index contributed by atoms with van der Waals surface area (Å²) >= 11 is 0. The van der Waals surface area contributed by atoms with E-state index in [-0.39, 0.29) is 32.7 Å². The van der Waals surface area contributed by atoms with Crippen LogP contribution in [0.2, 0.25) is 0 Å². The number of imidazole rings is 1. The molecule has 0 bridgehead atoms. The molecule has 0 aliphatic carbocycles. The van der Waals surface area contributed by atoms with Crippen LogP contribution in [0.15, 0.2) is 237 Å². The number of aromatic hydroxyl groups is 1. The first-order chi connectivity index (χ1) is 32.6. The van der Waals surface area contributed by atoms with Gasteiger partial charge in [-0.15, -0.1) is 29.3 Å². The van der Waals surface area contributed by atoms with Crippen LogP contribution in [-0.2, 0) is 21.1 Å². The molecule has 67 heavy (non-hydrogen) atoms. The van der Waals surface area contributed by atoms with Gasteiger partial charge in [-0.25, -0.2) is 4.98 Å². The molecule has 0 radical (unpaired) electrons. The Bertz CT molecular complexity index is 3430. The molecular formula is C62H44N3OPt-. The van der Waals surface area contributed by atoms with Gasteiger partial charge in [-0.1, -0.05) is 218 Å². The normalized spacial score (nSPS) is 11.5. The molecule has 2 aromatic heterocycles. The number of phenolic OH excluding ortho intramolecular Hbond substituents is 1. The van der Waals surface area contributed by atoms with Crippen molar-refractivity contribution in [3.8, 4) is 89.7 Å². The number of phenols is 1. The molecule has 0 fully saturated rings. The Kier molecular flexibility index (Phi) is 12.1. The zero-order chi connectivity index (χ0) is 44.4. The van der Waals surface area contributed by atoms with Crippen molar-refractivity contribution in [2.24, 2.45) is 0 Å². The molecule has 2 heterocycles. The van der Waals surface area contributed by atoms with Gasteiger partial charge in [0, 0.05) is 49.6 Å². The first-order valence-electron chi connectivity index (χ1n) is 22.4. The molecule has 0 aliphatic heterocycles. The summed E-state index contributed by atoms with van der Waals surface area (Å²) in [4.78, 5) is 10.6. The van der Waals surface area contributed by atoms with Crippen LogP contribution >= 0.6 is 0 Å². The van der Waals surface area contributed by atoms with E-state index in [1.165, 1.54) is 5.56 Å². The summed E-state index contributed by atoms with van der Waals surface area (Å²) in [6, 6.07) is 83.5. The summed E-state index contributed by atoms with van der Waals surface area (Å²) in [5, 5.41) is 12.5. The maximum Gasteiger partial charge on any atom is 0.148 e. The predicted molar refractivity (Wildman–Crippen MR) is 271 cm³/mol. The average molecular weight is 1040 g/mol. The van der Waals surface area contributed by atoms with Crippen molar-refractivity contribution >= 4 is 11.0 Å². The number of aromatic nitrogens is 3. The smallest absolute Gasteiger partial charge is 0.148 e. The standard InChI is InChI=1S/C62H44N3O.Pt/c1-42(43-20-7-2-8-21-43)49-38-50(40-51(39-49)57-41-48(36-37-63-57)44-22-9-3-10-23-44)52-30-19-35-58-59(52)64-62(56-34-18-33-55(61(56)66)47-28-15-6-16-29-47)65(58)60-53(45-24-11-4-12-25-45)31-17-32-54(60)46-26-13-5-14-27-46;/h2-39,41-42,66H,1H3;/q-1;. The van der Waals surface area contributed by atoms with E-state index in [2.05, 4.69) is 181 Å². The van der Waals surface area contributed by atoms with Crippen molar-refractivity contribution in [1.29, 1.82) is 0 Å². The van der Waals surface area contributed by atoms with Crippen molar-refractivity contribution in [1.82, 2.24) is 14.5 Å². The van der Waals surface area contributed by atoms with Crippen LogP contribution in [-0.4, -0.2) is 19.6 Å². The number of pyridine rings is 1. The molecule has 0 amide bonds. The fourth-order valence-electron chi connectivity index (χ4n) is 9.23. The van der Waals surface area contributed by atoms with Gasteiger partial charge in [0.25, 0.3) is 0 Å². The number of hydrogen-bond acceptors (Lipinski definition) is 3. The average Bonchev–Trinajstić information content (AvgIpc) is 3.78. The maximum absolute atomic E-state index is 12.5. The van der Waals surface area contributed by atoms with E-state index < -0.39 is 0 Å². The second-order valence-corrected chi connectivity index (χ2v) is 16.6. The molecule has 0 saturated heterocycles. The first-order valence-corrected chi connectivity index (χ1v) is 22.4. The number of benzene rings is 9. The van der Waals surface area contributed by atoms with Crippen molar-refractivity contribution < 1.29 is 26.2 Å². The summed E-state index contributed by atoms with van der Waals surface area (Å²) in [5.74, 6) is 0.864. The van der Waals surface area contributed by atoms with Crippen LogP contribution in [0.4, 0.5) is 0 Å². The van der Waals surface area contributed by atoms with E-state index in [9.17, 15) is 5.11 Å². The summed E-state index contributed by atoms with van der Waals surface area (Å²) in [6.45, 7) is 2.26. The fraction of sp³-hybridized carbons (Fsp3) is 0.0323. The van der Waals surface area contributed by atoms with E-state index in [0.29, 0.717) is 11.4 Å². The summed E-state index contributed by atoms with van der Waals surface area (Å²) in [7, 11) is 0. The van der Waals surface area contributed by atoms with Gasteiger partial charge in [0.2, 0.25) is 0 Å². The molecular weight excluding hydrogens is 998 g/mol. The van der Waals surface area contributed by atoms with Crippen molar-refractivity contribution in [3.63, 3.8) is 0 Å². The largest absolute Gasteiger partial charge is 0.507 e. The molecule has 1 atom stereocenters. The van der Waals surface area contributed by atoms with E-state index in [1.54, 1.807) is 0 Å². The molecule has 324 valence electrons. The molecule has 0 spiro atoms. The van der Waals surface area contributed by atoms with Gasteiger partial charge in [-0.05, 0) is 57.5 Å². The van der Waals surface area contributed by atoms with Crippen LogP contribution in [0.3, 0.4) is 0 Å². The third-order valence-corrected chi connectivity index (χ3v) is 12.6. The van der Waals surface area contributed by atoms with E-state index >= 15 is 0 Å². The molecule has 5 heteroatoms. The first kappa shape index (κ1) is 43.0. The second kappa shape index (κ2) is 18.9. The predicted octanol–water partition coefficient (Wildman–Crippen LogP) is 15.7. The minimum Gasteiger partial charge on any atom is -0.507 e. The zero-order valence-electron chi connectivity index (χ0n) is 36.7. The topological polar surface area (TPSA) is 50.9 Å². The quantitative estimate of drug-likeness (QED) is 0.139. The number of fused-ring (bicyclic) bond motifs is 1. The van der Waals surface area contributed by atoms with Gasteiger partial charge in [-0.3, -0.25) is 9.55 Å². The van der Waals surface area contributed by atoms with Gasteiger partial charge in [0.1, 0.15) is 11.6 Å². The van der Waals surface area contributed by atoms with Gasteiger partial charge >= 0.3 is 0 Å². The van der Waals surface area contributed by atoms with Crippen molar-refractivity contribution in [3.05, 3.63) is 254 Å². The van der Waals surface area contributed by atoms with Crippen LogP contribution in [0.5, 0.6) is 5.75 Å². The zero-order valence-corrected chi connectivity index (χ0v) is 39.0. The molecule has 9 aromatic carbocycles. The fourth-order valence-corrected chi connectivity index (χ4v) is 9.23. The Hall–Kier alpha value is -7.91. The van der Waals surface area contributed by atoms with Crippen LogP contribution in [0, 0.1) is 6.07 Å². The minimum atomic E-state index is 0. The van der Waals surface area contributed by atoms with Crippen molar-refractivity contribution in [2.45, 2.75) is 12.8 Å². The Labute approximate surface area is 405 Å². The third kappa shape index (κ3) is 8.33. The van der Waals surface area contributed by atoms with Gasteiger partial charge < -0.3 is 5.11 Å². The summed E-state index contributed by atoms with van der Waals surface area (Å²) in [5.41, 5.74) is 17.3. The molecule has 11 rings (SSSR count). The van der Waals surface area contributed by atoms with Gasteiger partial charge in [0.15, 0.2) is 0 Å². The Morgan fingerprint density at radius 1 is 0.448 bits per heavy atom. The van der Waals surface area contributed by atoms with E-state index in [4.69, 9.17) is 9.97 Å². The monoisotopic (exact) mass is 1040 g/mol. The van der Waals surface area contributed by atoms with E-state index in [1.807, 2.05) is 72.9 Å². The number of rotatable bonds is 10. The third-order valence-electron chi connectivity index (χ3n) is 12.6. The second-order valence-electron chi connectivity index (χ2n) is 16.6. The van der Waals surface area contributed by atoms with Crippen LogP contribution in [0.1, 0.15) is 24.0 Å². The summed E-state index contributed by atoms with van der Waals surface area (Å²) < 4.78 is 2.26. The Balaban J connectivity index is 0.00000525. The molecule has 4 nitrogen and oxygen atoms in total. The van der Waals surface area contributed by atoms with Crippen LogP contribution < -0.4 is 0 Å². The number of hydrogen-bond donors (Lipinski definition) is 1. The Morgan fingerprint density at radius 2 is 0.940 bits per heavy atom. The molecule has 11 aromatic rings. The van der Waals surface area contributed by atoms with Crippen molar-refractivity contribution in [2.75, 3.05) is 0 Å². The van der Waals surface area contributed by atoms with Gasteiger partial charge in [0.05, 0.1) is 22.3 Å². The number of nitrogens with zero attached hydrogens (tertiary/aromatic N) is 3. The summed E-state index contributed by atoms with van der Waals surface area (Å²) in [6.07, 6.45) is 1.89. The van der Waals surface area contributed by atoms with Crippen LogP contribution in [0.25, 0.3) is 95.0 Å².